The molecule has 3 aliphatic rings. The average Bonchev–Trinajstić information content (AvgIpc) is 2.79. The van der Waals surface area contributed by atoms with Gasteiger partial charge >= 0.3 is 16.4 Å². The van der Waals surface area contributed by atoms with Crippen molar-refractivity contribution in [2.75, 3.05) is 13.7 Å². The molecule has 0 aliphatic carbocycles. The van der Waals surface area contributed by atoms with E-state index in [4.69, 9.17) is 18.4 Å². The van der Waals surface area contributed by atoms with Crippen LogP contribution in [0.15, 0.2) is 0 Å². The Morgan fingerprint density at radius 1 is 1.30 bits per heavy atom. The first-order valence-corrected chi connectivity index (χ1v) is 7.40. The van der Waals surface area contributed by atoms with Gasteiger partial charge in [-0.3, -0.25) is 0 Å². The summed E-state index contributed by atoms with van der Waals surface area (Å²) in [6.45, 7) is 3.20. The second-order valence-corrected chi connectivity index (χ2v) is 6.65. The minimum atomic E-state index is -4.22. The maximum atomic E-state index is 11.9. The first kappa shape index (κ1) is 14.0. The summed E-state index contributed by atoms with van der Waals surface area (Å²) >= 11 is 0. The third-order valence-corrected chi connectivity index (χ3v) is 4.62. The number of hydrogen-bond acceptors (Lipinski definition) is 8. The van der Waals surface area contributed by atoms with E-state index >= 15 is 0 Å². The minimum absolute atomic E-state index is 0.195. The molecule has 0 aromatic carbocycles. The van der Waals surface area contributed by atoms with Crippen LogP contribution in [0.5, 0.6) is 0 Å². The molecular weight excluding hydrogens is 294 g/mol. The van der Waals surface area contributed by atoms with Gasteiger partial charge in [0, 0.05) is 0 Å². The molecular formula is C10H15NO8S. The van der Waals surface area contributed by atoms with E-state index in [2.05, 4.69) is 4.74 Å². The molecule has 0 aromatic heterocycles. The Bertz CT molecular complexity index is 531. The molecule has 0 unspecified atom stereocenters. The number of rotatable bonds is 0. The number of hydrogen-bond donors (Lipinski definition) is 0. The number of carbonyl (C=O) groups is 1. The van der Waals surface area contributed by atoms with Crippen LogP contribution < -0.4 is 0 Å². The van der Waals surface area contributed by atoms with Crippen molar-refractivity contribution in [3.05, 3.63) is 0 Å². The van der Waals surface area contributed by atoms with Crippen molar-refractivity contribution in [1.29, 1.82) is 0 Å². The second-order valence-electron chi connectivity index (χ2n) is 5.16. The van der Waals surface area contributed by atoms with Gasteiger partial charge < -0.3 is 18.9 Å². The fourth-order valence-electron chi connectivity index (χ4n) is 2.52. The number of carbonyl (C=O) groups excluding carboxylic acids is 1. The SMILES string of the molecule is COC(=O)N1C[C@H]2O[C@@H]3OC(C)(C)O[C@@H]3[C@H]2OS1(=O)=O. The largest absolute Gasteiger partial charge is 0.452 e. The van der Waals surface area contributed by atoms with E-state index in [0.717, 1.165) is 7.11 Å². The van der Waals surface area contributed by atoms with Crippen LogP contribution in [0.2, 0.25) is 0 Å². The van der Waals surface area contributed by atoms with Crippen molar-refractivity contribution in [3.8, 4) is 0 Å². The van der Waals surface area contributed by atoms with Crippen LogP contribution in [0.25, 0.3) is 0 Å². The highest BCUT2D eigenvalue weighted by Gasteiger charge is 2.60. The predicted molar refractivity (Wildman–Crippen MR) is 61.6 cm³/mol. The van der Waals surface area contributed by atoms with Gasteiger partial charge in [-0.25, -0.2) is 8.98 Å². The van der Waals surface area contributed by atoms with E-state index in [1.54, 1.807) is 13.8 Å². The summed E-state index contributed by atoms with van der Waals surface area (Å²) in [4.78, 5) is 11.4. The van der Waals surface area contributed by atoms with Gasteiger partial charge in [0.2, 0.25) is 0 Å². The van der Waals surface area contributed by atoms with Crippen LogP contribution in [0, 0.1) is 0 Å². The van der Waals surface area contributed by atoms with Gasteiger partial charge in [0.25, 0.3) is 0 Å². The quantitative estimate of drug-likeness (QED) is 0.594. The van der Waals surface area contributed by atoms with E-state index < -0.39 is 46.8 Å². The molecule has 3 heterocycles. The smallest absolute Gasteiger partial charge is 0.425 e. The van der Waals surface area contributed by atoms with Crippen LogP contribution in [0.3, 0.4) is 0 Å². The Labute approximate surface area is 115 Å². The average molecular weight is 309 g/mol. The zero-order chi connectivity index (χ0) is 14.7. The maximum absolute atomic E-state index is 11.9. The first-order chi connectivity index (χ1) is 9.23. The Kier molecular flexibility index (Phi) is 3.00. The molecule has 3 rings (SSSR count). The third kappa shape index (κ3) is 2.07. The van der Waals surface area contributed by atoms with Gasteiger partial charge in [0.05, 0.1) is 13.7 Å². The summed E-state index contributed by atoms with van der Waals surface area (Å²) in [7, 11) is -3.14. The molecule has 0 aromatic rings. The van der Waals surface area contributed by atoms with Crippen molar-refractivity contribution in [1.82, 2.24) is 4.31 Å². The highest BCUT2D eigenvalue weighted by Crippen LogP contribution is 2.41. The molecule has 114 valence electrons. The third-order valence-electron chi connectivity index (χ3n) is 3.31. The highest BCUT2D eigenvalue weighted by atomic mass is 32.2. The van der Waals surface area contributed by atoms with E-state index in [1.807, 2.05) is 0 Å². The molecule has 3 aliphatic heterocycles. The van der Waals surface area contributed by atoms with Crippen LogP contribution in [-0.2, 0) is 33.4 Å². The van der Waals surface area contributed by atoms with Crippen LogP contribution in [0.4, 0.5) is 4.79 Å². The minimum Gasteiger partial charge on any atom is -0.452 e. The zero-order valence-electron chi connectivity index (χ0n) is 11.1. The van der Waals surface area contributed by atoms with Crippen molar-refractivity contribution in [2.45, 2.75) is 44.2 Å². The first-order valence-electron chi connectivity index (χ1n) is 6.03. The van der Waals surface area contributed by atoms with Gasteiger partial charge in [-0.1, -0.05) is 0 Å². The maximum Gasteiger partial charge on any atom is 0.425 e. The Morgan fingerprint density at radius 2 is 2.00 bits per heavy atom. The molecule has 9 nitrogen and oxygen atoms in total. The molecule has 0 N–H and O–H groups in total. The van der Waals surface area contributed by atoms with Crippen molar-refractivity contribution in [3.63, 3.8) is 0 Å². The number of methoxy groups -OCH3 is 1. The normalized spacial score (nSPS) is 41.0. The van der Waals surface area contributed by atoms with Gasteiger partial charge in [0.15, 0.2) is 12.1 Å². The molecule has 0 saturated carbocycles. The summed E-state index contributed by atoms with van der Waals surface area (Å²) < 4.78 is 50.4. The number of fused-ring (bicyclic) bond motifs is 3. The lowest BCUT2D eigenvalue weighted by molar-refractivity contribution is -0.215. The van der Waals surface area contributed by atoms with E-state index in [9.17, 15) is 13.2 Å². The summed E-state index contributed by atoms with van der Waals surface area (Å²) in [6, 6.07) is 0. The zero-order valence-corrected chi connectivity index (χ0v) is 12.0. The summed E-state index contributed by atoms with van der Waals surface area (Å²) in [5.74, 6) is -0.868. The molecule has 3 saturated heterocycles. The fraction of sp³-hybridized carbons (Fsp3) is 0.900. The standard InChI is InChI=1S/C10H15NO8S/c1-10(2)17-7-6-5(16-8(7)18-10)4-11(9(12)15-3)20(13,14)19-6/h5-8H,4H2,1-3H3/t5-,6+,7-,8-/m1/s1. The van der Waals surface area contributed by atoms with Gasteiger partial charge in [-0.2, -0.15) is 12.7 Å². The summed E-state index contributed by atoms with van der Waals surface area (Å²) in [5.41, 5.74) is 0. The van der Waals surface area contributed by atoms with Crippen LogP contribution >= 0.6 is 0 Å². The lowest BCUT2D eigenvalue weighted by Gasteiger charge is -2.33. The number of nitrogens with zero attached hydrogens (tertiary/aromatic N) is 1. The number of amides is 1. The van der Waals surface area contributed by atoms with Crippen molar-refractivity contribution < 1.29 is 36.3 Å². The van der Waals surface area contributed by atoms with Crippen molar-refractivity contribution >= 4 is 16.4 Å². The Balaban J connectivity index is 1.83. The van der Waals surface area contributed by atoms with Crippen molar-refractivity contribution in [2.24, 2.45) is 0 Å². The molecule has 0 spiro atoms. The van der Waals surface area contributed by atoms with E-state index in [0.29, 0.717) is 4.31 Å². The lowest BCUT2D eigenvalue weighted by Crippen LogP contribution is -2.54. The second kappa shape index (κ2) is 4.28. The lowest BCUT2D eigenvalue weighted by atomic mass is 10.1. The molecule has 3 fully saturated rings. The molecule has 1 amide bonds. The van der Waals surface area contributed by atoms with E-state index in [-0.39, 0.29) is 6.54 Å². The number of ether oxygens (including phenoxy) is 4. The van der Waals surface area contributed by atoms with Gasteiger partial charge in [0.1, 0.15) is 18.3 Å². The molecule has 4 atom stereocenters. The Morgan fingerprint density at radius 3 is 2.65 bits per heavy atom. The van der Waals surface area contributed by atoms with E-state index in [1.165, 1.54) is 0 Å². The predicted octanol–water partition coefficient (Wildman–Crippen LogP) is -0.425. The van der Waals surface area contributed by atoms with Gasteiger partial charge in [-0.15, -0.1) is 0 Å². The molecule has 0 radical (unpaired) electrons. The van der Waals surface area contributed by atoms with Crippen LogP contribution in [-0.4, -0.2) is 62.9 Å². The highest BCUT2D eigenvalue weighted by molar-refractivity contribution is 7.85. The molecule has 0 bridgehead atoms. The fourth-order valence-corrected chi connectivity index (χ4v) is 3.73. The van der Waals surface area contributed by atoms with Gasteiger partial charge in [-0.05, 0) is 13.8 Å². The summed E-state index contributed by atoms with van der Waals surface area (Å²) in [6.07, 6.45) is -3.87. The van der Waals surface area contributed by atoms with Crippen LogP contribution in [0.1, 0.15) is 13.8 Å². The molecule has 20 heavy (non-hydrogen) atoms. The topological polar surface area (TPSA) is 101 Å². The monoisotopic (exact) mass is 309 g/mol. The Hall–Kier alpha value is -0.940. The molecule has 10 heteroatoms. The summed E-state index contributed by atoms with van der Waals surface area (Å²) in [5, 5.41) is 0.